The Morgan fingerprint density at radius 3 is 3.00 bits per heavy atom. The summed E-state index contributed by atoms with van der Waals surface area (Å²) in [7, 11) is 1.77. The number of rotatable bonds is 3. The monoisotopic (exact) mass is 227 g/mol. The first-order valence-electron chi connectivity index (χ1n) is 5.22. The third-order valence-corrected chi connectivity index (χ3v) is 4.65. The van der Waals surface area contributed by atoms with Gasteiger partial charge in [-0.3, -0.25) is 0 Å². The number of thioether (sulfide) groups is 1. The molecule has 0 amide bonds. The second kappa shape index (κ2) is 4.09. The summed E-state index contributed by atoms with van der Waals surface area (Å²) in [6.45, 7) is 2.24. The topological polar surface area (TPSA) is 69.6 Å². The van der Waals surface area contributed by atoms with E-state index in [4.69, 9.17) is 5.73 Å². The summed E-state index contributed by atoms with van der Waals surface area (Å²) in [5.74, 6) is 1.97. The summed E-state index contributed by atoms with van der Waals surface area (Å²) < 4.78 is 0.194. The molecule has 1 aliphatic rings. The second-order valence-corrected chi connectivity index (χ2v) is 5.90. The molecule has 0 aliphatic carbocycles. The van der Waals surface area contributed by atoms with Crippen LogP contribution in [0.3, 0.4) is 0 Å². The zero-order valence-electron chi connectivity index (χ0n) is 9.18. The van der Waals surface area contributed by atoms with Crippen LogP contribution in [-0.4, -0.2) is 36.7 Å². The molecule has 15 heavy (non-hydrogen) atoms. The van der Waals surface area contributed by atoms with Crippen molar-refractivity contribution in [3.8, 4) is 0 Å². The Hall–Kier alpha value is -0.620. The van der Waals surface area contributed by atoms with E-state index in [1.54, 1.807) is 7.05 Å². The first-order chi connectivity index (χ1) is 7.10. The molecule has 0 radical (unpaired) electrons. The Bertz CT molecular complexity index is 331. The minimum atomic E-state index is 0.120. The van der Waals surface area contributed by atoms with E-state index < -0.39 is 0 Å². The highest BCUT2D eigenvalue weighted by atomic mass is 32.2. The minimum absolute atomic E-state index is 0.120. The van der Waals surface area contributed by atoms with Gasteiger partial charge in [-0.15, -0.1) is 10.2 Å². The quantitative estimate of drug-likeness (QED) is 0.807. The van der Waals surface area contributed by atoms with Gasteiger partial charge in [-0.25, -0.2) is 0 Å². The Balaban J connectivity index is 1.99. The van der Waals surface area contributed by atoms with Gasteiger partial charge in [-0.2, -0.15) is 16.6 Å². The van der Waals surface area contributed by atoms with Gasteiger partial charge in [0.05, 0.1) is 7.05 Å². The molecule has 6 heteroatoms. The molecule has 0 saturated carbocycles. The molecule has 1 fully saturated rings. The molecule has 5 nitrogen and oxygen atoms in total. The molecule has 1 aliphatic heterocycles. The standard InChI is InChI=1S/C9H17N5S/c1-9(4-3-5-15-9)7(10)6-8-11-13-14(2)12-8/h7H,3-6,10H2,1-2H3. The highest BCUT2D eigenvalue weighted by Gasteiger charge is 2.36. The lowest BCUT2D eigenvalue weighted by molar-refractivity contribution is 0.474. The lowest BCUT2D eigenvalue weighted by Crippen LogP contribution is -2.43. The molecule has 2 atom stereocenters. The van der Waals surface area contributed by atoms with Crippen LogP contribution in [0.15, 0.2) is 0 Å². The zero-order chi connectivity index (χ0) is 10.9. The number of nitrogens with zero attached hydrogens (tertiary/aromatic N) is 4. The van der Waals surface area contributed by atoms with Gasteiger partial charge in [-0.1, -0.05) is 0 Å². The van der Waals surface area contributed by atoms with Crippen molar-refractivity contribution >= 4 is 11.8 Å². The smallest absolute Gasteiger partial charge is 0.176 e. The molecule has 0 aromatic carbocycles. The van der Waals surface area contributed by atoms with Gasteiger partial charge in [0.2, 0.25) is 0 Å². The highest BCUT2D eigenvalue weighted by Crippen LogP contribution is 2.40. The normalized spacial score (nSPS) is 28.2. The molecule has 2 heterocycles. The van der Waals surface area contributed by atoms with Crippen LogP contribution in [0.5, 0.6) is 0 Å². The molecule has 1 aromatic rings. The number of aryl methyl sites for hydroxylation is 1. The Morgan fingerprint density at radius 2 is 2.47 bits per heavy atom. The lowest BCUT2D eigenvalue weighted by Gasteiger charge is -2.29. The van der Waals surface area contributed by atoms with Gasteiger partial charge in [0.25, 0.3) is 0 Å². The van der Waals surface area contributed by atoms with E-state index in [1.807, 2.05) is 11.8 Å². The highest BCUT2D eigenvalue weighted by molar-refractivity contribution is 8.00. The summed E-state index contributed by atoms with van der Waals surface area (Å²) in [5, 5.41) is 11.9. The summed E-state index contributed by atoms with van der Waals surface area (Å²) in [6.07, 6.45) is 3.18. The van der Waals surface area contributed by atoms with Crippen LogP contribution in [0.2, 0.25) is 0 Å². The maximum atomic E-state index is 6.22. The minimum Gasteiger partial charge on any atom is -0.326 e. The van der Waals surface area contributed by atoms with Crippen molar-refractivity contribution < 1.29 is 0 Å². The first-order valence-corrected chi connectivity index (χ1v) is 6.21. The van der Waals surface area contributed by atoms with Gasteiger partial charge in [-0.05, 0) is 30.7 Å². The molecule has 2 rings (SSSR count). The molecule has 1 saturated heterocycles. The average molecular weight is 227 g/mol. The molecule has 84 valence electrons. The summed E-state index contributed by atoms with van der Waals surface area (Å²) in [5.41, 5.74) is 6.22. The van der Waals surface area contributed by atoms with Crippen LogP contribution in [0.1, 0.15) is 25.6 Å². The summed E-state index contributed by atoms with van der Waals surface area (Å²) >= 11 is 1.97. The average Bonchev–Trinajstić information content (AvgIpc) is 2.76. The fourth-order valence-electron chi connectivity index (χ4n) is 1.91. The van der Waals surface area contributed by atoms with Crippen molar-refractivity contribution in [2.75, 3.05) is 5.75 Å². The van der Waals surface area contributed by atoms with E-state index in [0.29, 0.717) is 0 Å². The Labute approximate surface area is 93.8 Å². The van der Waals surface area contributed by atoms with E-state index in [9.17, 15) is 0 Å². The van der Waals surface area contributed by atoms with Gasteiger partial charge in [0, 0.05) is 17.2 Å². The van der Waals surface area contributed by atoms with Crippen molar-refractivity contribution in [2.24, 2.45) is 12.8 Å². The number of hydrogen-bond donors (Lipinski definition) is 1. The van der Waals surface area contributed by atoms with Crippen molar-refractivity contribution in [3.63, 3.8) is 0 Å². The van der Waals surface area contributed by atoms with Crippen molar-refractivity contribution in [2.45, 2.75) is 37.0 Å². The molecule has 0 bridgehead atoms. The predicted octanol–water partition coefficient (Wildman–Crippen LogP) is 0.366. The van der Waals surface area contributed by atoms with Crippen LogP contribution in [0.25, 0.3) is 0 Å². The predicted molar refractivity (Wildman–Crippen MR) is 60.6 cm³/mol. The van der Waals surface area contributed by atoms with Crippen LogP contribution in [-0.2, 0) is 13.5 Å². The van der Waals surface area contributed by atoms with Crippen LogP contribution in [0.4, 0.5) is 0 Å². The molecule has 1 aromatic heterocycles. The largest absolute Gasteiger partial charge is 0.326 e. The van der Waals surface area contributed by atoms with Gasteiger partial charge in [0.15, 0.2) is 5.82 Å². The van der Waals surface area contributed by atoms with Crippen LogP contribution in [0, 0.1) is 0 Å². The van der Waals surface area contributed by atoms with Gasteiger partial charge >= 0.3 is 0 Å². The molecule has 0 spiro atoms. The van der Waals surface area contributed by atoms with Gasteiger partial charge in [0.1, 0.15) is 0 Å². The van der Waals surface area contributed by atoms with Crippen LogP contribution < -0.4 is 5.73 Å². The lowest BCUT2D eigenvalue weighted by atomic mass is 9.94. The fourth-order valence-corrected chi connectivity index (χ4v) is 3.25. The van der Waals surface area contributed by atoms with Crippen LogP contribution >= 0.6 is 11.8 Å². The number of hydrogen-bond acceptors (Lipinski definition) is 5. The second-order valence-electron chi connectivity index (χ2n) is 4.27. The maximum Gasteiger partial charge on any atom is 0.176 e. The third-order valence-electron chi connectivity index (χ3n) is 2.99. The molecular weight excluding hydrogens is 210 g/mol. The first kappa shape index (κ1) is 10.9. The number of tetrazole rings is 1. The molecular formula is C9H17N5S. The number of aromatic nitrogens is 4. The number of nitrogens with two attached hydrogens (primary N) is 1. The van der Waals surface area contributed by atoms with E-state index in [2.05, 4.69) is 22.3 Å². The third kappa shape index (κ3) is 2.31. The van der Waals surface area contributed by atoms with E-state index in [0.717, 1.165) is 12.2 Å². The maximum absolute atomic E-state index is 6.22. The molecule has 2 unspecified atom stereocenters. The van der Waals surface area contributed by atoms with Crippen molar-refractivity contribution in [1.82, 2.24) is 20.2 Å². The van der Waals surface area contributed by atoms with Crippen molar-refractivity contribution in [3.05, 3.63) is 5.82 Å². The Morgan fingerprint density at radius 1 is 1.67 bits per heavy atom. The van der Waals surface area contributed by atoms with Gasteiger partial charge < -0.3 is 5.73 Å². The summed E-state index contributed by atoms with van der Waals surface area (Å²) in [4.78, 5) is 1.48. The SMILES string of the molecule is Cn1nnc(CC(N)C2(C)CCCS2)n1. The van der Waals surface area contributed by atoms with E-state index in [-0.39, 0.29) is 10.8 Å². The molecule has 2 N–H and O–H groups in total. The fraction of sp³-hybridized carbons (Fsp3) is 0.889. The zero-order valence-corrected chi connectivity index (χ0v) is 10.00. The van der Waals surface area contributed by atoms with E-state index >= 15 is 0 Å². The van der Waals surface area contributed by atoms with E-state index in [1.165, 1.54) is 23.4 Å². The summed E-state index contributed by atoms with van der Waals surface area (Å²) in [6, 6.07) is 0.120. The Kier molecular flexibility index (Phi) is 2.97. The van der Waals surface area contributed by atoms with Crippen molar-refractivity contribution in [1.29, 1.82) is 0 Å².